The second-order valence-electron chi connectivity index (χ2n) is 4.80. The Labute approximate surface area is 97.3 Å². The quantitative estimate of drug-likeness (QED) is 0.845. The third-order valence-corrected chi connectivity index (χ3v) is 3.50. The fourth-order valence-corrected chi connectivity index (χ4v) is 2.32. The molecule has 1 aromatic carbocycles. The molecule has 1 fully saturated rings. The summed E-state index contributed by atoms with van der Waals surface area (Å²) in [6.07, 6.45) is 3.39. The fourth-order valence-electron chi connectivity index (χ4n) is 2.32. The first kappa shape index (κ1) is 11.6. The Morgan fingerprint density at radius 3 is 2.75 bits per heavy atom. The number of rotatable bonds is 4. The van der Waals surface area contributed by atoms with Crippen LogP contribution in [-0.2, 0) is 11.2 Å². The summed E-state index contributed by atoms with van der Waals surface area (Å²) in [6, 6.07) is 10.3. The van der Waals surface area contributed by atoms with Crippen LogP contribution in [0.3, 0.4) is 0 Å². The van der Waals surface area contributed by atoms with Crippen LogP contribution in [0.4, 0.5) is 0 Å². The molecule has 2 nitrogen and oxygen atoms in total. The van der Waals surface area contributed by atoms with E-state index in [4.69, 9.17) is 4.74 Å². The maximum atomic E-state index is 10.1. The molecule has 0 aromatic heterocycles. The van der Waals surface area contributed by atoms with Crippen molar-refractivity contribution < 1.29 is 9.84 Å². The normalized spacial score (nSPS) is 26.9. The van der Waals surface area contributed by atoms with Gasteiger partial charge in [0.15, 0.2) is 0 Å². The molecule has 0 saturated carbocycles. The first-order valence-electron chi connectivity index (χ1n) is 6.07. The first-order valence-corrected chi connectivity index (χ1v) is 6.07. The van der Waals surface area contributed by atoms with Gasteiger partial charge in [0, 0.05) is 6.61 Å². The zero-order valence-corrected chi connectivity index (χ0v) is 9.86. The predicted octanol–water partition coefficient (Wildman–Crippen LogP) is 2.55. The maximum absolute atomic E-state index is 10.1. The van der Waals surface area contributed by atoms with Crippen LogP contribution in [0.25, 0.3) is 0 Å². The molecular weight excluding hydrogens is 200 g/mol. The van der Waals surface area contributed by atoms with E-state index in [1.54, 1.807) is 0 Å². The molecule has 2 unspecified atom stereocenters. The minimum absolute atomic E-state index is 0.311. The molecule has 88 valence electrons. The number of ether oxygens (including phenoxy) is 1. The van der Waals surface area contributed by atoms with Gasteiger partial charge in [-0.25, -0.2) is 0 Å². The molecule has 1 N–H and O–H groups in total. The lowest BCUT2D eigenvalue weighted by Crippen LogP contribution is -2.38. The van der Waals surface area contributed by atoms with Gasteiger partial charge in [-0.3, -0.25) is 0 Å². The molecule has 1 aromatic rings. The molecule has 16 heavy (non-hydrogen) atoms. The number of aryl methyl sites for hydroxylation is 1. The highest BCUT2D eigenvalue weighted by molar-refractivity contribution is 5.14. The van der Waals surface area contributed by atoms with E-state index in [1.165, 1.54) is 5.56 Å². The zero-order chi connectivity index (χ0) is 11.4. The van der Waals surface area contributed by atoms with E-state index >= 15 is 0 Å². The van der Waals surface area contributed by atoms with Crippen molar-refractivity contribution in [2.24, 2.45) is 0 Å². The summed E-state index contributed by atoms with van der Waals surface area (Å²) in [6.45, 7) is 2.81. The van der Waals surface area contributed by atoms with E-state index in [2.05, 4.69) is 12.1 Å². The molecule has 1 aliphatic rings. The van der Waals surface area contributed by atoms with Crippen LogP contribution in [0.5, 0.6) is 0 Å². The van der Waals surface area contributed by atoms with E-state index in [1.807, 2.05) is 25.1 Å². The summed E-state index contributed by atoms with van der Waals surface area (Å²) in [4.78, 5) is 0. The molecule has 2 atom stereocenters. The number of aliphatic hydroxyl groups is 1. The van der Waals surface area contributed by atoms with Crippen molar-refractivity contribution in [1.29, 1.82) is 0 Å². The number of hydrogen-bond acceptors (Lipinski definition) is 2. The van der Waals surface area contributed by atoms with Gasteiger partial charge in [-0.05, 0) is 38.2 Å². The monoisotopic (exact) mass is 220 g/mol. The highest BCUT2D eigenvalue weighted by Crippen LogP contribution is 2.30. The predicted molar refractivity (Wildman–Crippen MR) is 64.4 cm³/mol. The molecule has 2 rings (SSSR count). The second-order valence-corrected chi connectivity index (χ2v) is 4.80. The van der Waals surface area contributed by atoms with Crippen molar-refractivity contribution in [3.05, 3.63) is 35.9 Å². The molecule has 0 spiro atoms. The summed E-state index contributed by atoms with van der Waals surface area (Å²) in [5, 5.41) is 10.1. The van der Waals surface area contributed by atoms with Crippen LogP contribution >= 0.6 is 0 Å². The van der Waals surface area contributed by atoms with Crippen molar-refractivity contribution in [3.63, 3.8) is 0 Å². The minimum atomic E-state index is -0.352. The van der Waals surface area contributed by atoms with Gasteiger partial charge in [0.2, 0.25) is 0 Å². The molecule has 0 aliphatic carbocycles. The third-order valence-electron chi connectivity index (χ3n) is 3.50. The summed E-state index contributed by atoms with van der Waals surface area (Å²) in [5.74, 6) is 0. The summed E-state index contributed by atoms with van der Waals surface area (Å²) >= 11 is 0. The van der Waals surface area contributed by atoms with Crippen LogP contribution in [0, 0.1) is 0 Å². The standard InChI is InChI=1S/C14H20O2/c1-14(10-5-11-16-14)13(15)9-8-12-6-3-2-4-7-12/h2-4,6-7,13,15H,5,8-11H2,1H3. The largest absolute Gasteiger partial charge is 0.390 e. The fraction of sp³-hybridized carbons (Fsp3) is 0.571. The van der Waals surface area contributed by atoms with Crippen LogP contribution in [-0.4, -0.2) is 23.4 Å². The topological polar surface area (TPSA) is 29.5 Å². The van der Waals surface area contributed by atoms with Crippen LogP contribution < -0.4 is 0 Å². The Hall–Kier alpha value is -0.860. The molecule has 0 bridgehead atoms. The molecule has 0 radical (unpaired) electrons. The van der Waals surface area contributed by atoms with Gasteiger partial charge in [0.05, 0.1) is 11.7 Å². The highest BCUT2D eigenvalue weighted by atomic mass is 16.5. The average Bonchev–Trinajstić information content (AvgIpc) is 2.76. The SMILES string of the molecule is CC1(C(O)CCc2ccccc2)CCCO1. The first-order chi connectivity index (χ1) is 7.71. The molecule has 1 aliphatic heterocycles. The summed E-state index contributed by atoms with van der Waals surface area (Å²) in [5.41, 5.74) is 0.970. The van der Waals surface area contributed by atoms with E-state index in [-0.39, 0.29) is 11.7 Å². The van der Waals surface area contributed by atoms with Gasteiger partial charge in [0.25, 0.3) is 0 Å². The number of benzene rings is 1. The summed E-state index contributed by atoms with van der Waals surface area (Å²) in [7, 11) is 0. The smallest absolute Gasteiger partial charge is 0.0913 e. The van der Waals surface area contributed by atoms with Crippen molar-refractivity contribution in [2.75, 3.05) is 6.61 Å². The van der Waals surface area contributed by atoms with Gasteiger partial charge in [0.1, 0.15) is 0 Å². The Morgan fingerprint density at radius 2 is 2.12 bits per heavy atom. The van der Waals surface area contributed by atoms with Crippen molar-refractivity contribution >= 4 is 0 Å². The Bertz CT molecular complexity index is 315. The lowest BCUT2D eigenvalue weighted by Gasteiger charge is -2.29. The minimum Gasteiger partial charge on any atom is -0.390 e. The van der Waals surface area contributed by atoms with Gasteiger partial charge in [-0.1, -0.05) is 30.3 Å². The molecule has 0 amide bonds. The zero-order valence-electron chi connectivity index (χ0n) is 9.86. The Morgan fingerprint density at radius 1 is 1.38 bits per heavy atom. The van der Waals surface area contributed by atoms with Gasteiger partial charge >= 0.3 is 0 Å². The van der Waals surface area contributed by atoms with Crippen LogP contribution in [0.2, 0.25) is 0 Å². The molecule has 2 heteroatoms. The van der Waals surface area contributed by atoms with Crippen LogP contribution in [0.1, 0.15) is 31.7 Å². The molecular formula is C14H20O2. The van der Waals surface area contributed by atoms with E-state index in [9.17, 15) is 5.11 Å². The van der Waals surface area contributed by atoms with Crippen LogP contribution in [0.15, 0.2) is 30.3 Å². The maximum Gasteiger partial charge on any atom is 0.0913 e. The number of aliphatic hydroxyl groups excluding tert-OH is 1. The average molecular weight is 220 g/mol. The Kier molecular flexibility index (Phi) is 3.62. The molecule has 1 saturated heterocycles. The van der Waals surface area contributed by atoms with Gasteiger partial charge in [-0.2, -0.15) is 0 Å². The van der Waals surface area contributed by atoms with Gasteiger partial charge < -0.3 is 9.84 Å². The Balaban J connectivity index is 1.86. The van der Waals surface area contributed by atoms with E-state index in [0.717, 1.165) is 32.3 Å². The lowest BCUT2D eigenvalue weighted by atomic mass is 9.91. The lowest BCUT2D eigenvalue weighted by molar-refractivity contribution is -0.0800. The highest BCUT2D eigenvalue weighted by Gasteiger charge is 2.36. The second kappa shape index (κ2) is 4.98. The van der Waals surface area contributed by atoms with Gasteiger partial charge in [-0.15, -0.1) is 0 Å². The van der Waals surface area contributed by atoms with E-state index in [0.29, 0.717) is 0 Å². The number of hydrogen-bond donors (Lipinski definition) is 1. The molecule has 1 heterocycles. The van der Waals surface area contributed by atoms with Crippen molar-refractivity contribution in [2.45, 2.75) is 44.3 Å². The van der Waals surface area contributed by atoms with Crippen molar-refractivity contribution in [3.8, 4) is 0 Å². The van der Waals surface area contributed by atoms with E-state index < -0.39 is 0 Å². The third kappa shape index (κ3) is 2.63. The summed E-state index contributed by atoms with van der Waals surface area (Å²) < 4.78 is 5.64. The van der Waals surface area contributed by atoms with Crippen molar-refractivity contribution in [1.82, 2.24) is 0 Å².